The molecule has 1 aromatic carbocycles. The van der Waals surface area contributed by atoms with Gasteiger partial charge >= 0.3 is 0 Å². The van der Waals surface area contributed by atoms with Crippen LogP contribution in [-0.2, 0) is 0 Å². The number of aryl methyl sites for hydroxylation is 2. The fraction of sp³-hybridized carbons (Fsp3) is 0.158. The largest absolute Gasteiger partial charge is 0.496 e. The number of carbonyl (C=O) groups is 1. The molecule has 0 fully saturated rings. The number of amides is 1. The molecule has 8 nitrogen and oxygen atoms in total. The zero-order chi connectivity index (χ0) is 19.0. The molecule has 0 bridgehead atoms. The lowest BCUT2D eigenvalue weighted by Gasteiger charge is -2.10. The van der Waals surface area contributed by atoms with Gasteiger partial charge < -0.3 is 14.5 Å². The molecule has 0 atom stereocenters. The lowest BCUT2D eigenvalue weighted by molar-refractivity contribution is 0.102. The maximum absolute atomic E-state index is 12.7. The Morgan fingerprint density at radius 3 is 2.85 bits per heavy atom. The Morgan fingerprint density at radius 1 is 1.26 bits per heavy atom. The number of nitrogens with zero attached hydrogens (tertiary/aromatic N) is 4. The number of methoxy groups -OCH3 is 1. The van der Waals surface area contributed by atoms with Gasteiger partial charge in [0.2, 0.25) is 0 Å². The summed E-state index contributed by atoms with van der Waals surface area (Å²) in [6.07, 6.45) is 4.55. The molecule has 0 radical (unpaired) electrons. The number of aromatic nitrogens is 4. The average Bonchev–Trinajstić information content (AvgIpc) is 3.31. The summed E-state index contributed by atoms with van der Waals surface area (Å²) < 4.78 is 12.5. The minimum absolute atomic E-state index is 0.264. The molecule has 4 rings (SSSR count). The number of hydrogen-bond acceptors (Lipinski definition) is 6. The molecule has 1 N–H and O–H groups in total. The monoisotopic (exact) mass is 363 g/mol. The molecule has 3 heterocycles. The van der Waals surface area contributed by atoms with E-state index >= 15 is 0 Å². The van der Waals surface area contributed by atoms with Crippen molar-refractivity contribution in [3.63, 3.8) is 0 Å². The predicted molar refractivity (Wildman–Crippen MR) is 98.9 cm³/mol. The molecule has 27 heavy (non-hydrogen) atoms. The van der Waals surface area contributed by atoms with E-state index in [-0.39, 0.29) is 11.6 Å². The summed E-state index contributed by atoms with van der Waals surface area (Å²) in [7, 11) is 1.55. The van der Waals surface area contributed by atoms with Gasteiger partial charge in [0.25, 0.3) is 5.91 Å². The highest BCUT2D eigenvalue weighted by Gasteiger charge is 2.17. The number of ether oxygens (including phenoxy) is 1. The maximum atomic E-state index is 12.7. The topological polar surface area (TPSA) is 94.5 Å². The van der Waals surface area contributed by atoms with Gasteiger partial charge in [0.05, 0.1) is 18.9 Å². The van der Waals surface area contributed by atoms with Gasteiger partial charge in [0.1, 0.15) is 12.1 Å². The fourth-order valence-electron chi connectivity index (χ4n) is 2.95. The first-order valence-electron chi connectivity index (χ1n) is 8.26. The molecule has 0 saturated heterocycles. The number of anilines is 1. The Morgan fingerprint density at radius 2 is 2.11 bits per heavy atom. The minimum atomic E-state index is -0.343. The Hall–Kier alpha value is -3.68. The molecule has 0 saturated carbocycles. The molecular formula is C19H17N5O3. The van der Waals surface area contributed by atoms with Gasteiger partial charge in [-0.2, -0.15) is 0 Å². The van der Waals surface area contributed by atoms with Gasteiger partial charge in [-0.1, -0.05) is 0 Å². The van der Waals surface area contributed by atoms with Crippen LogP contribution in [0.15, 0.2) is 47.6 Å². The van der Waals surface area contributed by atoms with E-state index in [4.69, 9.17) is 9.15 Å². The number of imidazole rings is 1. The smallest absolute Gasteiger partial charge is 0.278 e. The minimum Gasteiger partial charge on any atom is -0.496 e. The summed E-state index contributed by atoms with van der Waals surface area (Å²) in [5, 5.41) is 2.84. The summed E-state index contributed by atoms with van der Waals surface area (Å²) >= 11 is 0. The SMILES string of the molecule is COc1cc(NC(=O)c2ncn3c(C)cc(C)nc23)ccc1-c1cnco1. The molecular weight excluding hydrogens is 346 g/mol. The van der Waals surface area contributed by atoms with Crippen molar-refractivity contribution in [2.75, 3.05) is 12.4 Å². The molecule has 0 aliphatic rings. The second-order valence-corrected chi connectivity index (χ2v) is 6.06. The third-order valence-electron chi connectivity index (χ3n) is 4.19. The molecule has 0 spiro atoms. The van der Waals surface area contributed by atoms with Crippen molar-refractivity contribution in [3.05, 3.63) is 60.3 Å². The van der Waals surface area contributed by atoms with Crippen LogP contribution in [0.25, 0.3) is 17.0 Å². The molecule has 136 valence electrons. The van der Waals surface area contributed by atoms with E-state index in [9.17, 15) is 4.79 Å². The predicted octanol–water partition coefficient (Wildman–Crippen LogP) is 3.26. The van der Waals surface area contributed by atoms with E-state index in [2.05, 4.69) is 20.3 Å². The first-order chi connectivity index (χ1) is 13.1. The highest BCUT2D eigenvalue weighted by Crippen LogP contribution is 2.32. The van der Waals surface area contributed by atoms with Crippen molar-refractivity contribution in [1.82, 2.24) is 19.4 Å². The zero-order valence-corrected chi connectivity index (χ0v) is 15.1. The first-order valence-corrected chi connectivity index (χ1v) is 8.26. The van der Waals surface area contributed by atoms with Crippen molar-refractivity contribution in [3.8, 4) is 17.1 Å². The van der Waals surface area contributed by atoms with Crippen molar-refractivity contribution < 1.29 is 13.9 Å². The molecule has 8 heteroatoms. The van der Waals surface area contributed by atoms with Gasteiger partial charge in [0, 0.05) is 23.1 Å². The second kappa shape index (κ2) is 6.56. The Kier molecular flexibility index (Phi) is 4.08. The van der Waals surface area contributed by atoms with Gasteiger partial charge in [-0.05, 0) is 32.0 Å². The number of oxazole rings is 1. The van der Waals surface area contributed by atoms with Gasteiger partial charge in [-0.3, -0.25) is 9.20 Å². The number of rotatable bonds is 4. The van der Waals surface area contributed by atoms with E-state index in [1.807, 2.05) is 19.9 Å². The van der Waals surface area contributed by atoms with E-state index in [0.29, 0.717) is 22.8 Å². The first kappa shape index (κ1) is 16.8. The van der Waals surface area contributed by atoms with E-state index in [0.717, 1.165) is 17.0 Å². The van der Waals surface area contributed by atoms with Crippen LogP contribution < -0.4 is 10.1 Å². The van der Waals surface area contributed by atoms with Crippen LogP contribution in [0.1, 0.15) is 21.9 Å². The molecule has 3 aromatic heterocycles. The van der Waals surface area contributed by atoms with Crippen LogP contribution in [0.2, 0.25) is 0 Å². The molecule has 0 aliphatic heterocycles. The Labute approximate surface area is 154 Å². The number of benzene rings is 1. The van der Waals surface area contributed by atoms with Gasteiger partial charge in [0.15, 0.2) is 23.5 Å². The normalized spacial score (nSPS) is 10.9. The van der Waals surface area contributed by atoms with Crippen LogP contribution in [0.4, 0.5) is 5.69 Å². The molecule has 0 aliphatic carbocycles. The highest BCUT2D eigenvalue weighted by molar-refractivity contribution is 6.07. The summed E-state index contributed by atoms with van der Waals surface area (Å²) in [5.41, 5.74) is 3.89. The van der Waals surface area contributed by atoms with E-state index in [1.165, 1.54) is 6.39 Å². The van der Waals surface area contributed by atoms with Crippen LogP contribution in [0.3, 0.4) is 0 Å². The summed E-state index contributed by atoms with van der Waals surface area (Å²) in [4.78, 5) is 25.3. The fourth-order valence-corrected chi connectivity index (χ4v) is 2.95. The van der Waals surface area contributed by atoms with Crippen LogP contribution in [0, 0.1) is 13.8 Å². The standard InChI is InChI=1S/C19H17N5O3/c1-11-6-12(2)24-9-21-17(18(24)22-11)19(25)23-13-4-5-14(15(7-13)26-3)16-8-20-10-27-16/h4-10H,1-3H3,(H,23,25). The van der Waals surface area contributed by atoms with Crippen molar-refractivity contribution >= 4 is 17.2 Å². The van der Waals surface area contributed by atoms with Crippen molar-refractivity contribution in [2.24, 2.45) is 0 Å². The third kappa shape index (κ3) is 3.01. The van der Waals surface area contributed by atoms with Crippen LogP contribution in [0.5, 0.6) is 5.75 Å². The number of nitrogens with one attached hydrogen (secondary N) is 1. The Balaban J connectivity index is 1.66. The van der Waals surface area contributed by atoms with Crippen LogP contribution >= 0.6 is 0 Å². The number of fused-ring (bicyclic) bond motifs is 1. The lowest BCUT2D eigenvalue weighted by Crippen LogP contribution is -2.13. The van der Waals surface area contributed by atoms with E-state index < -0.39 is 0 Å². The van der Waals surface area contributed by atoms with Gasteiger partial charge in [-0.25, -0.2) is 15.0 Å². The zero-order valence-electron chi connectivity index (χ0n) is 15.1. The van der Waals surface area contributed by atoms with Crippen molar-refractivity contribution in [2.45, 2.75) is 13.8 Å². The second-order valence-electron chi connectivity index (χ2n) is 6.06. The number of hydrogen-bond donors (Lipinski definition) is 1. The Bertz CT molecular complexity index is 1130. The number of carbonyl (C=O) groups excluding carboxylic acids is 1. The van der Waals surface area contributed by atoms with E-state index in [1.54, 1.807) is 42.2 Å². The van der Waals surface area contributed by atoms with Crippen LogP contribution in [-0.4, -0.2) is 32.4 Å². The van der Waals surface area contributed by atoms with Gasteiger partial charge in [-0.15, -0.1) is 0 Å². The summed E-state index contributed by atoms with van der Waals surface area (Å²) in [6.45, 7) is 3.83. The molecule has 4 aromatic rings. The third-order valence-corrected chi connectivity index (χ3v) is 4.19. The quantitative estimate of drug-likeness (QED) is 0.598. The summed E-state index contributed by atoms with van der Waals surface area (Å²) in [6, 6.07) is 7.22. The maximum Gasteiger partial charge on any atom is 0.278 e. The lowest BCUT2D eigenvalue weighted by atomic mass is 10.1. The molecule has 0 unspecified atom stereocenters. The average molecular weight is 363 g/mol. The summed E-state index contributed by atoms with van der Waals surface area (Å²) in [5.74, 6) is 0.800. The highest BCUT2D eigenvalue weighted by atomic mass is 16.5. The molecule has 1 amide bonds. The van der Waals surface area contributed by atoms with Crippen molar-refractivity contribution in [1.29, 1.82) is 0 Å².